The highest BCUT2D eigenvalue weighted by Gasteiger charge is 2.26. The number of benzene rings is 1. The van der Waals surface area contributed by atoms with Gasteiger partial charge in [-0.2, -0.15) is 13.5 Å². The number of thioether (sulfide) groups is 1. The average Bonchev–Trinajstić information content (AvgIpc) is 2.97. The Bertz CT molecular complexity index is 771. The number of carbonyl (C=O) groups is 1. The fourth-order valence-electron chi connectivity index (χ4n) is 1.73. The van der Waals surface area contributed by atoms with E-state index in [-0.39, 0.29) is 17.2 Å². The minimum Gasteiger partial charge on any atom is -0.462 e. The molecule has 1 heterocycles. The Hall–Kier alpha value is -2.00. The maximum Gasteiger partial charge on any atom is 0.342 e. The molecule has 0 amide bonds. The second-order valence-electron chi connectivity index (χ2n) is 4.17. The second-order valence-corrected chi connectivity index (χ2v) is 6.67. The van der Waals surface area contributed by atoms with Crippen molar-refractivity contribution in [2.75, 3.05) is 17.6 Å². The van der Waals surface area contributed by atoms with E-state index in [2.05, 4.69) is 14.9 Å². The van der Waals surface area contributed by atoms with Crippen LogP contribution in [0.4, 0.5) is 5.69 Å². The van der Waals surface area contributed by atoms with E-state index in [4.69, 9.17) is 4.74 Å². The van der Waals surface area contributed by atoms with Crippen LogP contribution < -0.4 is 4.72 Å². The SMILES string of the molecule is CCOC(=O)c1cn[nH]c1S(=O)(=O)Nc1cccc(SC)c1. The van der Waals surface area contributed by atoms with Crippen LogP contribution in [-0.2, 0) is 14.8 Å². The fourth-order valence-corrected chi connectivity index (χ4v) is 3.32. The molecule has 9 heteroatoms. The maximum absolute atomic E-state index is 12.4. The molecule has 0 spiro atoms. The molecule has 1 aromatic carbocycles. The van der Waals surface area contributed by atoms with Gasteiger partial charge in [0.25, 0.3) is 10.0 Å². The van der Waals surface area contributed by atoms with Crippen molar-refractivity contribution >= 4 is 33.4 Å². The summed E-state index contributed by atoms with van der Waals surface area (Å²) in [6, 6.07) is 6.92. The largest absolute Gasteiger partial charge is 0.462 e. The third-order valence-corrected chi connectivity index (χ3v) is 4.77. The Morgan fingerprint density at radius 1 is 1.45 bits per heavy atom. The molecule has 0 radical (unpaired) electrons. The molecule has 118 valence electrons. The number of anilines is 1. The first-order valence-electron chi connectivity index (χ1n) is 6.35. The Kier molecular flexibility index (Phi) is 5.09. The van der Waals surface area contributed by atoms with Crippen molar-refractivity contribution < 1.29 is 17.9 Å². The first kappa shape index (κ1) is 16.4. The van der Waals surface area contributed by atoms with Crippen LogP contribution in [-0.4, -0.2) is 37.4 Å². The Morgan fingerprint density at radius 3 is 2.91 bits per heavy atom. The van der Waals surface area contributed by atoms with Gasteiger partial charge < -0.3 is 4.74 Å². The molecule has 0 unspecified atom stereocenters. The van der Waals surface area contributed by atoms with Gasteiger partial charge in [-0.25, -0.2) is 4.79 Å². The minimum absolute atomic E-state index is 0.129. The molecule has 0 aliphatic carbocycles. The summed E-state index contributed by atoms with van der Waals surface area (Å²) in [5.41, 5.74) is 0.270. The lowest BCUT2D eigenvalue weighted by Gasteiger charge is -2.09. The van der Waals surface area contributed by atoms with Crippen LogP contribution >= 0.6 is 11.8 Å². The number of ether oxygens (including phenoxy) is 1. The molecule has 22 heavy (non-hydrogen) atoms. The van der Waals surface area contributed by atoms with Crippen molar-refractivity contribution in [2.45, 2.75) is 16.8 Å². The highest BCUT2D eigenvalue weighted by atomic mass is 32.2. The zero-order valence-corrected chi connectivity index (χ0v) is 13.6. The zero-order valence-electron chi connectivity index (χ0n) is 12.0. The van der Waals surface area contributed by atoms with Crippen LogP contribution in [0.15, 0.2) is 40.4 Å². The number of rotatable bonds is 6. The quantitative estimate of drug-likeness (QED) is 0.616. The topological polar surface area (TPSA) is 101 Å². The molecular weight excluding hydrogens is 326 g/mol. The van der Waals surface area contributed by atoms with E-state index in [0.717, 1.165) is 11.1 Å². The molecule has 1 aromatic heterocycles. The highest BCUT2D eigenvalue weighted by molar-refractivity contribution is 7.98. The summed E-state index contributed by atoms with van der Waals surface area (Å²) in [7, 11) is -3.97. The second kappa shape index (κ2) is 6.84. The molecule has 0 saturated heterocycles. The van der Waals surface area contributed by atoms with E-state index >= 15 is 0 Å². The summed E-state index contributed by atoms with van der Waals surface area (Å²) < 4.78 is 32.0. The summed E-state index contributed by atoms with van der Waals surface area (Å²) in [5, 5.41) is 5.63. The summed E-state index contributed by atoms with van der Waals surface area (Å²) in [6.07, 6.45) is 3.02. The van der Waals surface area contributed by atoms with E-state index in [1.165, 1.54) is 11.8 Å². The predicted molar refractivity (Wildman–Crippen MR) is 83.6 cm³/mol. The third-order valence-electron chi connectivity index (χ3n) is 2.69. The van der Waals surface area contributed by atoms with Crippen LogP contribution in [0.5, 0.6) is 0 Å². The van der Waals surface area contributed by atoms with E-state index in [1.54, 1.807) is 25.1 Å². The van der Waals surface area contributed by atoms with Crippen molar-refractivity contribution in [1.82, 2.24) is 10.2 Å². The highest BCUT2D eigenvalue weighted by Crippen LogP contribution is 2.22. The van der Waals surface area contributed by atoms with Gasteiger partial charge in [0, 0.05) is 10.6 Å². The molecule has 0 aliphatic heterocycles. The molecule has 0 aliphatic rings. The monoisotopic (exact) mass is 341 g/mol. The van der Waals surface area contributed by atoms with Gasteiger partial charge in [0.1, 0.15) is 5.56 Å². The molecule has 2 rings (SSSR count). The third kappa shape index (κ3) is 3.60. The number of aromatic nitrogens is 2. The number of hydrogen-bond donors (Lipinski definition) is 2. The molecular formula is C13H15N3O4S2. The van der Waals surface area contributed by atoms with Gasteiger partial charge in [-0.1, -0.05) is 6.07 Å². The van der Waals surface area contributed by atoms with Gasteiger partial charge >= 0.3 is 5.97 Å². The van der Waals surface area contributed by atoms with Crippen molar-refractivity contribution in [3.63, 3.8) is 0 Å². The van der Waals surface area contributed by atoms with Crippen LogP contribution in [0, 0.1) is 0 Å². The lowest BCUT2D eigenvalue weighted by atomic mass is 10.3. The number of hydrogen-bond acceptors (Lipinski definition) is 6. The number of nitrogens with one attached hydrogen (secondary N) is 2. The number of H-pyrrole nitrogens is 1. The molecule has 2 aromatic rings. The smallest absolute Gasteiger partial charge is 0.342 e. The van der Waals surface area contributed by atoms with Gasteiger partial charge in [0.15, 0.2) is 5.03 Å². The van der Waals surface area contributed by atoms with E-state index in [0.29, 0.717) is 5.69 Å². The predicted octanol–water partition coefficient (Wildman–Crippen LogP) is 2.11. The van der Waals surface area contributed by atoms with Crippen molar-refractivity contribution in [2.24, 2.45) is 0 Å². The summed E-state index contributed by atoms with van der Waals surface area (Å²) in [4.78, 5) is 12.7. The van der Waals surface area contributed by atoms with Crippen LogP contribution in [0.25, 0.3) is 0 Å². The lowest BCUT2D eigenvalue weighted by Crippen LogP contribution is -2.17. The van der Waals surface area contributed by atoms with Crippen LogP contribution in [0.3, 0.4) is 0 Å². The average molecular weight is 341 g/mol. The minimum atomic E-state index is -3.97. The molecule has 0 fully saturated rings. The normalized spacial score (nSPS) is 11.2. The first-order valence-corrected chi connectivity index (χ1v) is 9.06. The molecule has 0 atom stereocenters. The molecule has 0 saturated carbocycles. The standard InChI is InChI=1S/C13H15N3O4S2/c1-3-20-13(17)11-8-14-15-12(11)22(18,19)16-9-5-4-6-10(7-9)21-2/h4-8,16H,3H2,1-2H3,(H,14,15). The van der Waals surface area contributed by atoms with Gasteiger partial charge in [-0.15, -0.1) is 11.8 Å². The fraction of sp³-hybridized carbons (Fsp3) is 0.231. The number of sulfonamides is 1. The van der Waals surface area contributed by atoms with Crippen LogP contribution in [0.2, 0.25) is 0 Å². The van der Waals surface area contributed by atoms with Gasteiger partial charge in [0.05, 0.1) is 12.8 Å². The maximum atomic E-state index is 12.4. The Balaban J connectivity index is 2.31. The number of nitrogens with zero attached hydrogens (tertiary/aromatic N) is 1. The van der Waals surface area contributed by atoms with E-state index in [1.807, 2.05) is 12.3 Å². The molecule has 0 bridgehead atoms. The summed E-state index contributed by atoms with van der Waals surface area (Å²) in [5.74, 6) is -0.741. The van der Waals surface area contributed by atoms with Crippen molar-refractivity contribution in [1.29, 1.82) is 0 Å². The van der Waals surface area contributed by atoms with Crippen LogP contribution in [0.1, 0.15) is 17.3 Å². The molecule has 2 N–H and O–H groups in total. The first-order chi connectivity index (χ1) is 10.5. The zero-order chi connectivity index (χ0) is 16.2. The summed E-state index contributed by atoms with van der Waals surface area (Å²) >= 11 is 1.49. The van der Waals surface area contributed by atoms with Gasteiger partial charge in [0.2, 0.25) is 0 Å². The van der Waals surface area contributed by atoms with Gasteiger partial charge in [-0.05, 0) is 31.4 Å². The van der Waals surface area contributed by atoms with Crippen molar-refractivity contribution in [3.8, 4) is 0 Å². The number of aromatic amines is 1. The number of carbonyl (C=O) groups excluding carboxylic acids is 1. The molecule has 7 nitrogen and oxygen atoms in total. The van der Waals surface area contributed by atoms with E-state index < -0.39 is 16.0 Å². The van der Waals surface area contributed by atoms with Gasteiger partial charge in [-0.3, -0.25) is 9.82 Å². The number of esters is 1. The Morgan fingerprint density at radius 2 is 2.23 bits per heavy atom. The van der Waals surface area contributed by atoms with E-state index in [9.17, 15) is 13.2 Å². The summed E-state index contributed by atoms with van der Waals surface area (Å²) in [6.45, 7) is 1.78. The Labute approximate surface area is 132 Å². The van der Waals surface area contributed by atoms with Crippen molar-refractivity contribution in [3.05, 3.63) is 36.0 Å². The lowest BCUT2D eigenvalue weighted by molar-refractivity contribution is 0.0522.